The number of imide groups is 1. The Balaban J connectivity index is 1.44. The molecule has 2 heterocycles. The number of rotatable bonds is 5. The number of urea groups is 1. The van der Waals surface area contributed by atoms with Crippen molar-refractivity contribution in [3.8, 4) is 0 Å². The number of halogens is 1. The molecule has 2 N–H and O–H groups in total. The van der Waals surface area contributed by atoms with Crippen LogP contribution in [0.3, 0.4) is 0 Å². The second-order valence-corrected chi connectivity index (χ2v) is 10.9. The van der Waals surface area contributed by atoms with Gasteiger partial charge in [0.05, 0.1) is 0 Å². The number of ether oxygens (including phenoxy) is 1. The summed E-state index contributed by atoms with van der Waals surface area (Å²) >= 11 is 0. The van der Waals surface area contributed by atoms with E-state index in [4.69, 9.17) is 4.74 Å². The Hall–Kier alpha value is -2.48. The third-order valence-corrected chi connectivity index (χ3v) is 7.44. The van der Waals surface area contributed by atoms with Crippen molar-refractivity contribution in [1.29, 1.82) is 0 Å². The standard InChI is InChI=1S/C25H34FN3O4/c1-17-12-23(2,3)15-25(13-17)21(31)29(22(32)28-25)14-20(30)27-16-24(7-9-33-10-8-24)18-5-4-6-19(26)11-18/h4-6,11,17H,7-10,12-16H2,1-3H3,(H,27,30)(H,28,32). The lowest BCUT2D eigenvalue weighted by atomic mass is 9.64. The average Bonchev–Trinajstić information content (AvgIpc) is 2.94. The summed E-state index contributed by atoms with van der Waals surface area (Å²) in [5.74, 6) is -0.737. The molecule has 8 heteroatoms. The van der Waals surface area contributed by atoms with Crippen LogP contribution in [-0.4, -0.2) is 54.6 Å². The fourth-order valence-corrected chi connectivity index (χ4v) is 6.26. The van der Waals surface area contributed by atoms with E-state index in [1.807, 2.05) is 6.07 Å². The van der Waals surface area contributed by atoms with Gasteiger partial charge in [0, 0.05) is 25.2 Å². The molecule has 1 saturated carbocycles. The Morgan fingerprint density at radius 2 is 1.97 bits per heavy atom. The zero-order valence-corrected chi connectivity index (χ0v) is 19.7. The molecule has 4 amide bonds. The van der Waals surface area contributed by atoms with Crippen LogP contribution in [0.25, 0.3) is 0 Å². The highest BCUT2D eigenvalue weighted by molar-refractivity contribution is 6.09. The van der Waals surface area contributed by atoms with Crippen molar-refractivity contribution in [1.82, 2.24) is 15.5 Å². The summed E-state index contributed by atoms with van der Waals surface area (Å²) in [6.45, 7) is 7.33. The second-order valence-electron chi connectivity index (χ2n) is 10.9. The minimum atomic E-state index is -0.929. The van der Waals surface area contributed by atoms with Crippen molar-refractivity contribution in [2.75, 3.05) is 26.3 Å². The summed E-state index contributed by atoms with van der Waals surface area (Å²) in [6, 6.07) is 5.93. The molecule has 2 saturated heterocycles. The number of hydrogen-bond acceptors (Lipinski definition) is 4. The predicted octanol–water partition coefficient (Wildman–Crippen LogP) is 3.13. The van der Waals surface area contributed by atoms with Crippen molar-refractivity contribution in [3.05, 3.63) is 35.6 Å². The normalized spacial score (nSPS) is 28.6. The van der Waals surface area contributed by atoms with Crippen LogP contribution in [0.15, 0.2) is 24.3 Å². The molecular formula is C25H34FN3O4. The van der Waals surface area contributed by atoms with Gasteiger partial charge in [-0.15, -0.1) is 0 Å². The minimum Gasteiger partial charge on any atom is -0.381 e. The molecule has 2 unspecified atom stereocenters. The summed E-state index contributed by atoms with van der Waals surface area (Å²) in [6.07, 6.45) is 3.44. The molecule has 1 spiro atoms. The maximum absolute atomic E-state index is 13.9. The van der Waals surface area contributed by atoms with Gasteiger partial charge in [-0.2, -0.15) is 0 Å². The molecule has 4 rings (SSSR count). The van der Waals surface area contributed by atoms with Gasteiger partial charge < -0.3 is 15.4 Å². The monoisotopic (exact) mass is 459 g/mol. The van der Waals surface area contributed by atoms with Crippen molar-refractivity contribution < 1.29 is 23.5 Å². The van der Waals surface area contributed by atoms with Gasteiger partial charge in [0.25, 0.3) is 5.91 Å². The number of hydrogen-bond donors (Lipinski definition) is 2. The van der Waals surface area contributed by atoms with Gasteiger partial charge in [0.15, 0.2) is 0 Å². The Labute approximate surface area is 194 Å². The molecule has 33 heavy (non-hydrogen) atoms. The first-order valence-electron chi connectivity index (χ1n) is 11.8. The van der Waals surface area contributed by atoms with Gasteiger partial charge in [-0.3, -0.25) is 14.5 Å². The van der Waals surface area contributed by atoms with Crippen molar-refractivity contribution >= 4 is 17.8 Å². The van der Waals surface area contributed by atoms with E-state index >= 15 is 0 Å². The molecule has 7 nitrogen and oxygen atoms in total. The summed E-state index contributed by atoms with van der Waals surface area (Å²) < 4.78 is 19.4. The van der Waals surface area contributed by atoms with E-state index < -0.39 is 22.9 Å². The summed E-state index contributed by atoms with van der Waals surface area (Å²) in [5.41, 5.74) is -0.628. The highest BCUT2D eigenvalue weighted by atomic mass is 19.1. The Morgan fingerprint density at radius 3 is 2.64 bits per heavy atom. The van der Waals surface area contributed by atoms with E-state index in [0.717, 1.165) is 16.9 Å². The lowest BCUT2D eigenvalue weighted by Crippen LogP contribution is -2.54. The fraction of sp³-hybridized carbons (Fsp3) is 0.640. The number of carbonyl (C=O) groups excluding carboxylic acids is 3. The van der Waals surface area contributed by atoms with Gasteiger partial charge >= 0.3 is 6.03 Å². The molecule has 180 valence electrons. The first-order chi connectivity index (χ1) is 15.5. The van der Waals surface area contributed by atoms with Crippen LogP contribution < -0.4 is 10.6 Å². The number of carbonyl (C=O) groups is 3. The van der Waals surface area contributed by atoms with E-state index in [1.165, 1.54) is 12.1 Å². The van der Waals surface area contributed by atoms with Gasteiger partial charge in [-0.05, 0) is 61.1 Å². The largest absolute Gasteiger partial charge is 0.381 e. The number of amides is 4. The highest BCUT2D eigenvalue weighted by Crippen LogP contribution is 2.46. The summed E-state index contributed by atoms with van der Waals surface area (Å²) in [7, 11) is 0. The van der Waals surface area contributed by atoms with Crippen molar-refractivity contribution in [2.24, 2.45) is 11.3 Å². The molecule has 0 aromatic heterocycles. The molecule has 1 aliphatic carbocycles. The third kappa shape index (κ3) is 4.76. The second kappa shape index (κ2) is 8.70. The maximum Gasteiger partial charge on any atom is 0.325 e. The lowest BCUT2D eigenvalue weighted by molar-refractivity contribution is -0.137. The van der Waals surface area contributed by atoms with Crippen LogP contribution in [0, 0.1) is 17.2 Å². The first-order valence-corrected chi connectivity index (χ1v) is 11.8. The highest BCUT2D eigenvalue weighted by Gasteiger charge is 2.56. The average molecular weight is 460 g/mol. The fourth-order valence-electron chi connectivity index (χ4n) is 6.26. The first kappa shape index (κ1) is 23.7. The molecule has 1 aromatic rings. The molecule has 2 aliphatic heterocycles. The van der Waals surface area contributed by atoms with Crippen LogP contribution in [0.2, 0.25) is 0 Å². The Morgan fingerprint density at radius 1 is 1.24 bits per heavy atom. The zero-order chi connectivity index (χ0) is 23.9. The molecule has 0 radical (unpaired) electrons. The topological polar surface area (TPSA) is 87.7 Å². The number of nitrogens with one attached hydrogen (secondary N) is 2. The van der Waals surface area contributed by atoms with Gasteiger partial charge in [-0.1, -0.05) is 32.9 Å². The molecular weight excluding hydrogens is 425 g/mol. The van der Waals surface area contributed by atoms with Crippen molar-refractivity contribution in [2.45, 2.75) is 63.8 Å². The van der Waals surface area contributed by atoms with Crippen LogP contribution >= 0.6 is 0 Å². The van der Waals surface area contributed by atoms with Crippen molar-refractivity contribution in [3.63, 3.8) is 0 Å². The molecule has 0 bridgehead atoms. The maximum atomic E-state index is 13.9. The SMILES string of the molecule is CC1CC(C)(C)CC2(C1)NC(=O)N(CC(=O)NCC1(c3cccc(F)c3)CCOCC1)C2=O. The third-order valence-electron chi connectivity index (χ3n) is 7.44. The predicted molar refractivity (Wildman–Crippen MR) is 121 cm³/mol. The summed E-state index contributed by atoms with van der Waals surface area (Å²) in [4.78, 5) is 39.9. The Kier molecular flexibility index (Phi) is 6.24. The Bertz CT molecular complexity index is 943. The van der Waals surface area contributed by atoms with Gasteiger partial charge in [0.2, 0.25) is 5.91 Å². The van der Waals surface area contributed by atoms with Crippen LogP contribution in [0.5, 0.6) is 0 Å². The zero-order valence-electron chi connectivity index (χ0n) is 19.7. The smallest absolute Gasteiger partial charge is 0.325 e. The quantitative estimate of drug-likeness (QED) is 0.663. The van der Waals surface area contributed by atoms with Crippen LogP contribution in [-0.2, 0) is 19.7 Å². The van der Waals surface area contributed by atoms with Gasteiger partial charge in [-0.25, -0.2) is 9.18 Å². The summed E-state index contributed by atoms with van der Waals surface area (Å²) in [5, 5.41) is 5.81. The minimum absolute atomic E-state index is 0.0702. The van der Waals surface area contributed by atoms with Crippen LogP contribution in [0.4, 0.5) is 9.18 Å². The molecule has 1 aromatic carbocycles. The van der Waals surface area contributed by atoms with E-state index in [0.29, 0.717) is 44.8 Å². The van der Waals surface area contributed by atoms with Gasteiger partial charge in [0.1, 0.15) is 17.9 Å². The number of benzene rings is 1. The molecule has 3 fully saturated rings. The van der Waals surface area contributed by atoms with E-state index in [2.05, 4.69) is 31.4 Å². The van der Waals surface area contributed by atoms with E-state index in [1.54, 1.807) is 6.07 Å². The van der Waals surface area contributed by atoms with E-state index in [9.17, 15) is 18.8 Å². The van der Waals surface area contributed by atoms with Crippen LogP contribution in [0.1, 0.15) is 58.4 Å². The lowest BCUT2D eigenvalue weighted by Gasteiger charge is -2.43. The van der Waals surface area contributed by atoms with E-state index in [-0.39, 0.29) is 30.2 Å². The molecule has 2 atom stereocenters. The number of nitrogens with zero attached hydrogens (tertiary/aromatic N) is 1. The molecule has 3 aliphatic rings.